The van der Waals surface area contributed by atoms with Crippen molar-refractivity contribution in [2.75, 3.05) is 5.75 Å². The van der Waals surface area contributed by atoms with Crippen molar-refractivity contribution >= 4 is 34.5 Å². The lowest BCUT2D eigenvalue weighted by Gasteiger charge is -2.14. The number of carbonyl (C=O) groups is 2. The Hall–Kier alpha value is -3.66. The van der Waals surface area contributed by atoms with E-state index in [0.717, 1.165) is 45.0 Å². The molecule has 0 saturated carbocycles. The first-order valence-corrected chi connectivity index (χ1v) is 11.0. The lowest BCUT2D eigenvalue weighted by Crippen LogP contribution is -2.43. The van der Waals surface area contributed by atoms with Gasteiger partial charge in [-0.1, -0.05) is 36.0 Å². The van der Waals surface area contributed by atoms with Gasteiger partial charge in [0, 0.05) is 23.5 Å². The first-order chi connectivity index (χ1) is 15.4. The number of aromatic nitrogens is 5. The van der Waals surface area contributed by atoms with Gasteiger partial charge in [0.05, 0.1) is 11.4 Å². The number of carboxylic acids is 1. The molecule has 3 N–H and O–H groups in total. The minimum absolute atomic E-state index is 0.0110. The summed E-state index contributed by atoms with van der Waals surface area (Å²) in [6.07, 6.45) is 1.95. The second-order valence-electron chi connectivity index (χ2n) is 7.45. The summed E-state index contributed by atoms with van der Waals surface area (Å²) >= 11 is 1.15. The lowest BCUT2D eigenvalue weighted by molar-refractivity contribution is -0.141. The molecular formula is C22H22N6O3S. The van der Waals surface area contributed by atoms with Crippen molar-refractivity contribution in [3.05, 3.63) is 65.4 Å². The van der Waals surface area contributed by atoms with E-state index in [-0.39, 0.29) is 12.2 Å². The normalized spacial score (nSPS) is 12.1. The maximum atomic E-state index is 12.5. The van der Waals surface area contributed by atoms with E-state index in [1.807, 2.05) is 56.3 Å². The number of para-hydroxylation sites is 1. The zero-order valence-corrected chi connectivity index (χ0v) is 18.4. The highest BCUT2D eigenvalue weighted by atomic mass is 32.2. The summed E-state index contributed by atoms with van der Waals surface area (Å²) < 4.78 is 1.56. The molecule has 0 spiro atoms. The van der Waals surface area contributed by atoms with Crippen LogP contribution in [-0.4, -0.2) is 54.0 Å². The number of hydrogen-bond acceptors (Lipinski definition) is 6. The second kappa shape index (κ2) is 9.23. The molecule has 10 heteroatoms. The Morgan fingerprint density at radius 1 is 1.19 bits per heavy atom. The number of carboxylic acid groups (broad SMARTS) is 1. The average molecular weight is 451 g/mol. The van der Waals surface area contributed by atoms with E-state index in [1.54, 1.807) is 10.9 Å². The van der Waals surface area contributed by atoms with Gasteiger partial charge in [0.1, 0.15) is 6.04 Å². The molecule has 164 valence electrons. The lowest BCUT2D eigenvalue weighted by atomic mass is 10.1. The Morgan fingerprint density at radius 3 is 2.78 bits per heavy atom. The molecule has 0 fully saturated rings. The van der Waals surface area contributed by atoms with Gasteiger partial charge in [-0.2, -0.15) is 4.68 Å². The van der Waals surface area contributed by atoms with Gasteiger partial charge in [0.2, 0.25) is 11.1 Å². The number of rotatable bonds is 8. The molecule has 2 heterocycles. The molecule has 9 nitrogen and oxygen atoms in total. The van der Waals surface area contributed by atoms with Crippen LogP contribution in [0, 0.1) is 13.8 Å². The predicted molar refractivity (Wildman–Crippen MR) is 121 cm³/mol. The van der Waals surface area contributed by atoms with Crippen molar-refractivity contribution in [1.82, 2.24) is 30.5 Å². The zero-order valence-electron chi connectivity index (χ0n) is 17.6. The van der Waals surface area contributed by atoms with E-state index in [4.69, 9.17) is 0 Å². The molecule has 1 amide bonds. The highest BCUT2D eigenvalue weighted by Gasteiger charge is 2.22. The monoisotopic (exact) mass is 450 g/mol. The zero-order chi connectivity index (χ0) is 22.7. The van der Waals surface area contributed by atoms with Crippen molar-refractivity contribution in [1.29, 1.82) is 0 Å². The summed E-state index contributed by atoms with van der Waals surface area (Å²) in [5.41, 5.74) is 4.81. The van der Waals surface area contributed by atoms with Crippen LogP contribution in [-0.2, 0) is 16.0 Å². The molecular weight excluding hydrogens is 428 g/mol. The van der Waals surface area contributed by atoms with Gasteiger partial charge in [-0.05, 0) is 59.2 Å². The van der Waals surface area contributed by atoms with Gasteiger partial charge in [-0.3, -0.25) is 4.79 Å². The van der Waals surface area contributed by atoms with Crippen molar-refractivity contribution in [2.24, 2.45) is 0 Å². The topological polar surface area (TPSA) is 126 Å². The third kappa shape index (κ3) is 4.65. The molecule has 1 atom stereocenters. The number of thioether (sulfide) groups is 1. The van der Waals surface area contributed by atoms with Crippen LogP contribution in [0.1, 0.15) is 16.7 Å². The van der Waals surface area contributed by atoms with Gasteiger partial charge in [-0.25, -0.2) is 4.79 Å². The number of benzene rings is 2. The SMILES string of the molecule is Cc1ccc(-n2nnnc2SCC(=O)N[C@H](Cc2c[nH]c3ccccc23)C(=O)O)cc1C. The molecule has 0 aliphatic carbocycles. The highest BCUT2D eigenvalue weighted by Crippen LogP contribution is 2.21. The van der Waals surface area contributed by atoms with Gasteiger partial charge in [0.15, 0.2) is 0 Å². The standard InChI is InChI=1S/C22H22N6O3S/c1-13-7-8-16(9-14(13)2)28-22(25-26-27-28)32-12-20(29)24-19(21(30)31)10-15-11-23-18-6-4-3-5-17(15)18/h3-9,11,19,23H,10,12H2,1-2H3,(H,24,29)(H,30,31)/t19-/m1/s1. The van der Waals surface area contributed by atoms with Crippen LogP contribution in [0.4, 0.5) is 0 Å². The number of aromatic amines is 1. The molecule has 0 unspecified atom stereocenters. The minimum atomic E-state index is -1.09. The average Bonchev–Trinajstić information content (AvgIpc) is 3.41. The van der Waals surface area contributed by atoms with Crippen LogP contribution >= 0.6 is 11.8 Å². The smallest absolute Gasteiger partial charge is 0.326 e. The fourth-order valence-electron chi connectivity index (χ4n) is 3.37. The third-order valence-electron chi connectivity index (χ3n) is 5.24. The van der Waals surface area contributed by atoms with E-state index < -0.39 is 17.9 Å². The summed E-state index contributed by atoms with van der Waals surface area (Å²) in [4.78, 5) is 27.4. The Morgan fingerprint density at radius 2 is 2.00 bits per heavy atom. The van der Waals surface area contributed by atoms with E-state index in [0.29, 0.717) is 5.16 Å². The second-order valence-corrected chi connectivity index (χ2v) is 8.39. The maximum Gasteiger partial charge on any atom is 0.326 e. The number of nitrogens with one attached hydrogen (secondary N) is 2. The number of carbonyl (C=O) groups excluding carboxylic acids is 1. The fourth-order valence-corrected chi connectivity index (χ4v) is 4.08. The van der Waals surface area contributed by atoms with Gasteiger partial charge < -0.3 is 15.4 Å². The number of tetrazole rings is 1. The summed E-state index contributed by atoms with van der Waals surface area (Å²) in [5, 5.41) is 25.3. The van der Waals surface area contributed by atoms with E-state index in [1.165, 1.54) is 0 Å². The van der Waals surface area contributed by atoms with Crippen molar-refractivity contribution in [3.8, 4) is 5.69 Å². The van der Waals surface area contributed by atoms with Gasteiger partial charge in [0.25, 0.3) is 0 Å². The number of fused-ring (bicyclic) bond motifs is 1. The number of amides is 1. The number of aliphatic carboxylic acids is 1. The summed E-state index contributed by atoms with van der Waals surface area (Å²) in [7, 11) is 0. The van der Waals surface area contributed by atoms with Crippen molar-refractivity contribution in [3.63, 3.8) is 0 Å². The Balaban J connectivity index is 1.41. The molecule has 0 aliphatic rings. The molecule has 0 bridgehead atoms. The first-order valence-electron chi connectivity index (χ1n) is 9.98. The maximum absolute atomic E-state index is 12.5. The fraction of sp³-hybridized carbons (Fsp3) is 0.227. The van der Waals surface area contributed by atoms with Crippen LogP contribution in [0.2, 0.25) is 0 Å². The van der Waals surface area contributed by atoms with E-state index >= 15 is 0 Å². The Bertz CT molecular complexity index is 1280. The minimum Gasteiger partial charge on any atom is -0.480 e. The van der Waals surface area contributed by atoms with Crippen LogP contribution in [0.15, 0.2) is 53.8 Å². The summed E-state index contributed by atoms with van der Waals surface area (Å²) in [5.74, 6) is -1.51. The molecule has 2 aromatic carbocycles. The van der Waals surface area contributed by atoms with Crippen LogP contribution in [0.25, 0.3) is 16.6 Å². The third-order valence-corrected chi connectivity index (χ3v) is 6.16. The molecule has 4 rings (SSSR count). The molecule has 32 heavy (non-hydrogen) atoms. The number of nitrogens with zero attached hydrogens (tertiary/aromatic N) is 4. The molecule has 2 aromatic heterocycles. The molecule has 0 aliphatic heterocycles. The van der Waals surface area contributed by atoms with Crippen molar-refractivity contribution in [2.45, 2.75) is 31.5 Å². The molecule has 4 aromatic rings. The number of H-pyrrole nitrogens is 1. The highest BCUT2D eigenvalue weighted by molar-refractivity contribution is 7.99. The number of aryl methyl sites for hydroxylation is 2. The first kappa shape index (κ1) is 21.6. The Kier molecular flexibility index (Phi) is 6.22. The Labute approximate surface area is 188 Å². The van der Waals surface area contributed by atoms with Crippen LogP contribution < -0.4 is 5.32 Å². The molecule has 0 saturated heterocycles. The van der Waals surface area contributed by atoms with Gasteiger partial charge in [-0.15, -0.1) is 5.10 Å². The van der Waals surface area contributed by atoms with Crippen molar-refractivity contribution < 1.29 is 14.7 Å². The van der Waals surface area contributed by atoms with Crippen LogP contribution in [0.3, 0.4) is 0 Å². The van der Waals surface area contributed by atoms with E-state index in [9.17, 15) is 14.7 Å². The molecule has 0 radical (unpaired) electrons. The summed E-state index contributed by atoms with van der Waals surface area (Å²) in [6.45, 7) is 4.02. The number of hydrogen-bond donors (Lipinski definition) is 3. The van der Waals surface area contributed by atoms with Crippen LogP contribution in [0.5, 0.6) is 0 Å². The summed E-state index contributed by atoms with van der Waals surface area (Å²) in [6, 6.07) is 12.5. The van der Waals surface area contributed by atoms with Gasteiger partial charge >= 0.3 is 5.97 Å². The largest absolute Gasteiger partial charge is 0.480 e. The van der Waals surface area contributed by atoms with E-state index in [2.05, 4.69) is 25.8 Å². The predicted octanol–water partition coefficient (Wildman–Crippen LogP) is 2.66. The quantitative estimate of drug-likeness (QED) is 0.352.